The molecule has 19 heavy (non-hydrogen) atoms. The molecule has 1 aromatic rings. The van der Waals surface area contributed by atoms with Crippen LogP contribution in [0.25, 0.3) is 0 Å². The van der Waals surface area contributed by atoms with Gasteiger partial charge in [-0.05, 0) is 38.1 Å². The molecule has 1 aliphatic rings. The Bertz CT molecular complexity index is 456. The predicted octanol–water partition coefficient (Wildman–Crippen LogP) is 2.21. The second-order valence-corrected chi connectivity index (χ2v) is 4.48. The highest BCUT2D eigenvalue weighted by Crippen LogP contribution is 2.20. The Morgan fingerprint density at radius 1 is 1.42 bits per heavy atom. The third kappa shape index (κ3) is 3.42. The molecule has 0 bridgehead atoms. The van der Waals surface area contributed by atoms with Crippen LogP contribution in [-0.4, -0.2) is 37.0 Å². The Morgan fingerprint density at radius 3 is 2.79 bits per heavy atom. The van der Waals surface area contributed by atoms with Crippen LogP contribution < -0.4 is 5.32 Å². The number of halogens is 3. The zero-order valence-corrected chi connectivity index (χ0v) is 11.5. The Hall–Kier alpha value is -1.20. The number of rotatable bonds is 3. The van der Waals surface area contributed by atoms with Crippen LogP contribution in [0.5, 0.6) is 0 Å². The number of nitrogens with zero attached hydrogens (tertiary/aromatic N) is 1. The molecule has 106 valence electrons. The number of benzene rings is 1. The highest BCUT2D eigenvalue weighted by atomic mass is 35.5. The van der Waals surface area contributed by atoms with Crippen LogP contribution in [0.4, 0.5) is 8.78 Å². The number of hydrogen-bond acceptors (Lipinski definition) is 2. The van der Waals surface area contributed by atoms with E-state index in [1.165, 1.54) is 6.07 Å². The monoisotopic (exact) mass is 290 g/mol. The SMILES string of the molecule is CNCC1CCCN1C(=O)c1ccc(F)c(F)c1.Cl. The molecule has 1 aliphatic heterocycles. The minimum absolute atomic E-state index is 0. The Labute approximate surface area is 117 Å². The molecule has 1 saturated heterocycles. The summed E-state index contributed by atoms with van der Waals surface area (Å²) in [6.07, 6.45) is 1.89. The van der Waals surface area contributed by atoms with E-state index in [2.05, 4.69) is 5.32 Å². The average Bonchev–Trinajstić information content (AvgIpc) is 2.80. The first kappa shape index (κ1) is 15.9. The van der Waals surface area contributed by atoms with Crippen molar-refractivity contribution >= 4 is 18.3 Å². The molecule has 1 heterocycles. The molecule has 1 fully saturated rings. The summed E-state index contributed by atoms with van der Waals surface area (Å²) in [4.78, 5) is 13.9. The van der Waals surface area contributed by atoms with Gasteiger partial charge in [0.15, 0.2) is 11.6 Å². The number of likely N-dealkylation sites (N-methyl/N-ethyl adjacent to an activating group) is 1. The molecule has 0 spiro atoms. The van der Waals surface area contributed by atoms with Gasteiger partial charge in [0.25, 0.3) is 5.91 Å². The zero-order valence-electron chi connectivity index (χ0n) is 10.7. The largest absolute Gasteiger partial charge is 0.334 e. The van der Waals surface area contributed by atoms with Crippen LogP contribution in [0.3, 0.4) is 0 Å². The number of nitrogens with one attached hydrogen (secondary N) is 1. The molecule has 0 aromatic heterocycles. The van der Waals surface area contributed by atoms with Crippen molar-refractivity contribution < 1.29 is 13.6 Å². The number of amides is 1. The van der Waals surface area contributed by atoms with Crippen LogP contribution in [0.2, 0.25) is 0 Å². The zero-order chi connectivity index (χ0) is 13.1. The molecular formula is C13H17ClF2N2O. The maximum absolute atomic E-state index is 13.1. The lowest BCUT2D eigenvalue weighted by Gasteiger charge is -2.24. The van der Waals surface area contributed by atoms with E-state index in [0.717, 1.165) is 31.5 Å². The Morgan fingerprint density at radius 2 is 2.16 bits per heavy atom. The van der Waals surface area contributed by atoms with Crippen LogP contribution in [0, 0.1) is 11.6 Å². The van der Waals surface area contributed by atoms with Gasteiger partial charge < -0.3 is 10.2 Å². The van der Waals surface area contributed by atoms with Crippen molar-refractivity contribution in [2.75, 3.05) is 20.1 Å². The number of carbonyl (C=O) groups is 1. The van der Waals surface area contributed by atoms with Crippen molar-refractivity contribution in [1.82, 2.24) is 10.2 Å². The van der Waals surface area contributed by atoms with Gasteiger partial charge in [-0.1, -0.05) is 0 Å². The van der Waals surface area contributed by atoms with Gasteiger partial charge in [0.05, 0.1) is 0 Å². The lowest BCUT2D eigenvalue weighted by molar-refractivity contribution is 0.0736. The van der Waals surface area contributed by atoms with Gasteiger partial charge in [0.2, 0.25) is 0 Å². The fourth-order valence-electron chi connectivity index (χ4n) is 2.35. The van der Waals surface area contributed by atoms with E-state index in [0.29, 0.717) is 6.54 Å². The maximum Gasteiger partial charge on any atom is 0.254 e. The van der Waals surface area contributed by atoms with Gasteiger partial charge in [-0.3, -0.25) is 4.79 Å². The predicted molar refractivity (Wildman–Crippen MR) is 71.6 cm³/mol. The maximum atomic E-state index is 13.1. The number of carbonyl (C=O) groups excluding carboxylic acids is 1. The molecule has 1 aromatic carbocycles. The standard InChI is InChI=1S/C13H16F2N2O.ClH/c1-16-8-10-3-2-6-17(10)13(18)9-4-5-11(14)12(15)7-9;/h4-5,7,10,16H,2-3,6,8H2,1H3;1H. The highest BCUT2D eigenvalue weighted by Gasteiger charge is 2.29. The number of likely N-dealkylation sites (tertiary alicyclic amines) is 1. The van der Waals surface area contributed by atoms with Gasteiger partial charge in [-0.15, -0.1) is 12.4 Å². The Balaban J connectivity index is 0.00000180. The molecule has 1 atom stereocenters. The van der Waals surface area contributed by atoms with Crippen molar-refractivity contribution in [2.45, 2.75) is 18.9 Å². The topological polar surface area (TPSA) is 32.3 Å². The second kappa shape index (κ2) is 6.82. The minimum Gasteiger partial charge on any atom is -0.334 e. The van der Waals surface area contributed by atoms with Crippen molar-refractivity contribution in [3.8, 4) is 0 Å². The fourth-order valence-corrected chi connectivity index (χ4v) is 2.35. The van der Waals surface area contributed by atoms with E-state index in [-0.39, 0.29) is 29.9 Å². The van der Waals surface area contributed by atoms with E-state index < -0.39 is 11.6 Å². The third-order valence-corrected chi connectivity index (χ3v) is 3.24. The number of hydrogen-bond donors (Lipinski definition) is 1. The van der Waals surface area contributed by atoms with Crippen molar-refractivity contribution in [2.24, 2.45) is 0 Å². The molecule has 0 saturated carbocycles. The normalized spacial score (nSPS) is 18.3. The molecule has 1 unspecified atom stereocenters. The molecule has 0 aliphatic carbocycles. The Kier molecular flexibility index (Phi) is 5.69. The first-order valence-corrected chi connectivity index (χ1v) is 6.04. The van der Waals surface area contributed by atoms with Gasteiger partial charge in [-0.2, -0.15) is 0 Å². The van der Waals surface area contributed by atoms with E-state index >= 15 is 0 Å². The summed E-state index contributed by atoms with van der Waals surface area (Å²) in [7, 11) is 1.83. The molecule has 2 rings (SSSR count). The quantitative estimate of drug-likeness (QED) is 0.926. The fraction of sp³-hybridized carbons (Fsp3) is 0.462. The second-order valence-electron chi connectivity index (χ2n) is 4.48. The summed E-state index contributed by atoms with van der Waals surface area (Å²) >= 11 is 0. The highest BCUT2D eigenvalue weighted by molar-refractivity contribution is 5.94. The summed E-state index contributed by atoms with van der Waals surface area (Å²) in [5.74, 6) is -2.14. The first-order valence-electron chi connectivity index (χ1n) is 6.04. The summed E-state index contributed by atoms with van der Waals surface area (Å²) in [5, 5.41) is 3.04. The molecule has 3 nitrogen and oxygen atoms in total. The van der Waals surface area contributed by atoms with Crippen LogP contribution in [0.1, 0.15) is 23.2 Å². The van der Waals surface area contributed by atoms with Crippen molar-refractivity contribution in [3.05, 3.63) is 35.4 Å². The molecule has 0 radical (unpaired) electrons. The van der Waals surface area contributed by atoms with Crippen molar-refractivity contribution in [3.63, 3.8) is 0 Å². The average molecular weight is 291 g/mol. The van der Waals surface area contributed by atoms with Gasteiger partial charge in [-0.25, -0.2) is 8.78 Å². The van der Waals surface area contributed by atoms with E-state index in [1.807, 2.05) is 7.05 Å². The van der Waals surface area contributed by atoms with E-state index in [9.17, 15) is 13.6 Å². The lowest BCUT2D eigenvalue weighted by atomic mass is 10.1. The summed E-state index contributed by atoms with van der Waals surface area (Å²) in [6, 6.07) is 3.42. The summed E-state index contributed by atoms with van der Waals surface area (Å²) in [6.45, 7) is 1.39. The van der Waals surface area contributed by atoms with E-state index in [1.54, 1.807) is 4.90 Å². The van der Waals surface area contributed by atoms with Crippen molar-refractivity contribution in [1.29, 1.82) is 0 Å². The van der Waals surface area contributed by atoms with E-state index in [4.69, 9.17) is 0 Å². The van der Waals surface area contributed by atoms with Crippen LogP contribution >= 0.6 is 12.4 Å². The lowest BCUT2D eigenvalue weighted by Crippen LogP contribution is -2.40. The molecule has 1 N–H and O–H groups in total. The van der Waals surface area contributed by atoms with Crippen LogP contribution in [0.15, 0.2) is 18.2 Å². The third-order valence-electron chi connectivity index (χ3n) is 3.24. The van der Waals surface area contributed by atoms with Gasteiger partial charge in [0.1, 0.15) is 0 Å². The molecule has 1 amide bonds. The van der Waals surface area contributed by atoms with Gasteiger partial charge in [0, 0.05) is 24.7 Å². The smallest absolute Gasteiger partial charge is 0.254 e. The van der Waals surface area contributed by atoms with Crippen LogP contribution in [-0.2, 0) is 0 Å². The van der Waals surface area contributed by atoms with Gasteiger partial charge >= 0.3 is 0 Å². The summed E-state index contributed by atoms with van der Waals surface area (Å²) < 4.78 is 25.9. The first-order chi connectivity index (χ1) is 8.63. The molecular weight excluding hydrogens is 274 g/mol. The molecule has 6 heteroatoms. The minimum atomic E-state index is -0.981. The summed E-state index contributed by atoms with van der Waals surface area (Å²) in [5.41, 5.74) is 0.205.